The molecular weight excluding hydrogens is 1140 g/mol. The monoisotopic (exact) mass is 1270 g/mol. The number of carbonyl (C=O) groups is 4. The maximum atomic E-state index is 13.0. The van der Waals surface area contributed by atoms with Crippen molar-refractivity contribution in [2.75, 3.05) is 39.6 Å². The summed E-state index contributed by atoms with van der Waals surface area (Å²) in [6.45, 7) is 11.7. The van der Waals surface area contributed by atoms with Crippen molar-refractivity contribution in [2.45, 2.75) is 349 Å². The van der Waals surface area contributed by atoms with Crippen LogP contribution in [0.1, 0.15) is 331 Å². The molecule has 86 heavy (non-hydrogen) atoms. The van der Waals surface area contributed by atoms with E-state index in [1.54, 1.807) is 0 Å². The predicted molar refractivity (Wildman–Crippen MR) is 344 cm³/mol. The summed E-state index contributed by atoms with van der Waals surface area (Å²) in [6.07, 6.45) is 40.6. The van der Waals surface area contributed by atoms with Gasteiger partial charge in [-0.25, -0.2) is 9.13 Å². The smallest absolute Gasteiger partial charge is 0.462 e. The standard InChI is InChI=1S/C67H130O17P2/c1-8-10-11-31-41-48-64(69)77-54-62(83-67(72)51-44-37-30-24-23-27-34-40-47-60(7)9-2)56-81-85(73,74)79-52-61(68)53-80-86(75,76)82-57-63(55-78-65(70)49-42-35-28-22-18-20-26-33-39-46-59(5)6)84-66(71)50-43-36-29-21-17-15-13-12-14-16-19-25-32-38-45-58(3)4/h58-63,68H,8-57H2,1-7H3,(H,73,74)(H,75,76)/t60?,61-,62+,63+/m0/s1. The number of carbonyl (C=O) groups excluding carboxylic acids is 4. The van der Waals surface area contributed by atoms with Crippen LogP contribution in [0.3, 0.4) is 0 Å². The van der Waals surface area contributed by atoms with E-state index in [1.807, 2.05) is 0 Å². The van der Waals surface area contributed by atoms with Gasteiger partial charge in [-0.3, -0.25) is 37.3 Å². The van der Waals surface area contributed by atoms with E-state index >= 15 is 0 Å². The number of unbranched alkanes of at least 4 members (excludes halogenated alkanes) is 32. The Hall–Kier alpha value is -1.94. The first-order valence-electron chi connectivity index (χ1n) is 34.9. The molecular formula is C67H130O17P2. The van der Waals surface area contributed by atoms with Crippen LogP contribution >= 0.6 is 15.6 Å². The van der Waals surface area contributed by atoms with Crippen LogP contribution in [0.25, 0.3) is 0 Å². The molecule has 3 N–H and O–H groups in total. The number of phosphoric ester groups is 2. The van der Waals surface area contributed by atoms with Crippen molar-refractivity contribution in [1.29, 1.82) is 0 Å². The number of hydrogen-bond donors (Lipinski definition) is 3. The van der Waals surface area contributed by atoms with Gasteiger partial charge in [0.2, 0.25) is 0 Å². The average Bonchev–Trinajstić information content (AvgIpc) is 3.55. The second kappa shape index (κ2) is 58.2. The second-order valence-electron chi connectivity index (χ2n) is 25.4. The summed E-state index contributed by atoms with van der Waals surface area (Å²) in [5.74, 6) is 0.166. The summed E-state index contributed by atoms with van der Waals surface area (Å²) < 4.78 is 68.0. The molecule has 0 spiro atoms. The lowest BCUT2D eigenvalue weighted by atomic mass is 9.99. The van der Waals surface area contributed by atoms with E-state index in [2.05, 4.69) is 48.5 Å². The fourth-order valence-corrected chi connectivity index (χ4v) is 11.6. The fourth-order valence-electron chi connectivity index (χ4n) is 9.98. The van der Waals surface area contributed by atoms with Gasteiger partial charge in [0.1, 0.15) is 19.3 Å². The molecule has 0 amide bonds. The van der Waals surface area contributed by atoms with Gasteiger partial charge in [0.25, 0.3) is 0 Å². The molecule has 0 aromatic heterocycles. The third-order valence-corrected chi connectivity index (χ3v) is 17.6. The highest BCUT2D eigenvalue weighted by molar-refractivity contribution is 7.47. The van der Waals surface area contributed by atoms with Gasteiger partial charge in [0.05, 0.1) is 26.4 Å². The Morgan fingerprint density at radius 2 is 0.593 bits per heavy atom. The Labute approximate surface area is 524 Å². The van der Waals surface area contributed by atoms with Crippen molar-refractivity contribution in [1.82, 2.24) is 0 Å². The highest BCUT2D eigenvalue weighted by atomic mass is 31.2. The Bertz CT molecular complexity index is 1700. The first-order valence-corrected chi connectivity index (χ1v) is 37.9. The van der Waals surface area contributed by atoms with Gasteiger partial charge in [0, 0.05) is 25.7 Å². The topological polar surface area (TPSA) is 237 Å². The molecule has 19 heteroatoms. The number of rotatable bonds is 65. The van der Waals surface area contributed by atoms with Crippen molar-refractivity contribution in [3.05, 3.63) is 0 Å². The van der Waals surface area contributed by atoms with Crippen molar-refractivity contribution in [3.8, 4) is 0 Å². The minimum Gasteiger partial charge on any atom is -0.462 e. The molecule has 0 aromatic carbocycles. The molecule has 17 nitrogen and oxygen atoms in total. The van der Waals surface area contributed by atoms with Crippen molar-refractivity contribution >= 4 is 39.5 Å². The average molecular weight is 1270 g/mol. The molecule has 0 aliphatic heterocycles. The second-order valence-corrected chi connectivity index (χ2v) is 28.3. The van der Waals surface area contributed by atoms with E-state index in [0.717, 1.165) is 114 Å². The van der Waals surface area contributed by atoms with Crippen LogP contribution in [-0.4, -0.2) is 96.7 Å². The summed E-state index contributed by atoms with van der Waals surface area (Å²) >= 11 is 0. The van der Waals surface area contributed by atoms with E-state index in [9.17, 15) is 43.2 Å². The van der Waals surface area contributed by atoms with Gasteiger partial charge in [-0.2, -0.15) is 0 Å². The Balaban J connectivity index is 5.17. The highest BCUT2D eigenvalue weighted by Crippen LogP contribution is 2.45. The van der Waals surface area contributed by atoms with Crippen molar-refractivity contribution in [2.24, 2.45) is 17.8 Å². The summed E-state index contributed by atoms with van der Waals surface area (Å²) in [6, 6.07) is 0. The normalized spacial score (nSPS) is 14.6. The third-order valence-electron chi connectivity index (χ3n) is 15.7. The van der Waals surface area contributed by atoms with E-state index in [4.69, 9.17) is 37.0 Å². The van der Waals surface area contributed by atoms with E-state index < -0.39 is 97.5 Å². The number of aliphatic hydroxyl groups excluding tert-OH is 1. The van der Waals surface area contributed by atoms with Crippen LogP contribution < -0.4 is 0 Å². The fraction of sp³-hybridized carbons (Fsp3) is 0.940. The lowest BCUT2D eigenvalue weighted by Crippen LogP contribution is -2.30. The molecule has 0 fully saturated rings. The zero-order chi connectivity index (χ0) is 63.8. The zero-order valence-corrected chi connectivity index (χ0v) is 57.6. The van der Waals surface area contributed by atoms with E-state index in [-0.39, 0.29) is 25.7 Å². The summed E-state index contributed by atoms with van der Waals surface area (Å²) in [7, 11) is -9.89. The Morgan fingerprint density at radius 3 is 0.884 bits per heavy atom. The van der Waals surface area contributed by atoms with Gasteiger partial charge < -0.3 is 33.8 Å². The van der Waals surface area contributed by atoms with E-state index in [0.29, 0.717) is 25.7 Å². The molecule has 0 aliphatic rings. The lowest BCUT2D eigenvalue weighted by molar-refractivity contribution is -0.161. The van der Waals surface area contributed by atoms with Gasteiger partial charge in [-0.15, -0.1) is 0 Å². The molecule has 0 bridgehead atoms. The van der Waals surface area contributed by atoms with Crippen LogP contribution in [0.15, 0.2) is 0 Å². The molecule has 3 unspecified atom stereocenters. The number of phosphoric acid groups is 2. The van der Waals surface area contributed by atoms with Crippen LogP contribution in [0, 0.1) is 17.8 Å². The summed E-state index contributed by atoms with van der Waals surface area (Å²) in [5.41, 5.74) is 0. The lowest BCUT2D eigenvalue weighted by Gasteiger charge is -2.21. The molecule has 0 heterocycles. The van der Waals surface area contributed by atoms with Crippen LogP contribution in [-0.2, 0) is 65.4 Å². The summed E-state index contributed by atoms with van der Waals surface area (Å²) in [5, 5.41) is 10.5. The number of hydrogen-bond acceptors (Lipinski definition) is 15. The highest BCUT2D eigenvalue weighted by Gasteiger charge is 2.30. The van der Waals surface area contributed by atoms with Gasteiger partial charge in [0.15, 0.2) is 12.2 Å². The van der Waals surface area contributed by atoms with Crippen LogP contribution in [0.5, 0.6) is 0 Å². The largest absolute Gasteiger partial charge is 0.472 e. The van der Waals surface area contributed by atoms with Crippen molar-refractivity contribution < 1.29 is 80.2 Å². The van der Waals surface area contributed by atoms with Gasteiger partial charge in [-0.05, 0) is 43.4 Å². The molecule has 0 saturated carbocycles. The summed E-state index contributed by atoms with van der Waals surface area (Å²) in [4.78, 5) is 72.1. The molecule has 0 radical (unpaired) electrons. The van der Waals surface area contributed by atoms with Crippen LogP contribution in [0.4, 0.5) is 0 Å². The number of ether oxygens (including phenoxy) is 4. The Morgan fingerprint density at radius 1 is 0.337 bits per heavy atom. The van der Waals surface area contributed by atoms with Gasteiger partial charge >= 0.3 is 39.5 Å². The molecule has 0 rings (SSSR count). The maximum Gasteiger partial charge on any atom is 0.472 e. The van der Waals surface area contributed by atoms with Crippen LogP contribution in [0.2, 0.25) is 0 Å². The molecule has 6 atom stereocenters. The predicted octanol–water partition coefficient (Wildman–Crippen LogP) is 18.7. The van der Waals surface area contributed by atoms with Gasteiger partial charge in [-0.1, -0.05) is 280 Å². The Kier molecular flexibility index (Phi) is 56.9. The molecule has 0 aliphatic carbocycles. The number of esters is 4. The molecule has 0 saturated heterocycles. The first kappa shape index (κ1) is 84.1. The minimum atomic E-state index is -4.95. The number of aliphatic hydroxyl groups is 1. The zero-order valence-electron chi connectivity index (χ0n) is 55.8. The minimum absolute atomic E-state index is 0.104. The maximum absolute atomic E-state index is 13.0. The third kappa shape index (κ3) is 59.7. The molecule has 510 valence electrons. The SMILES string of the molecule is CCCCCCCC(=O)OC[C@H](COP(=O)(O)OC[C@H](O)COP(=O)(O)OC[C@@H](COC(=O)CCCCCCCCCCCC(C)C)OC(=O)CCCCCCCCCCCCCCCCC(C)C)OC(=O)CCCCCCCCCCC(C)CC. The quantitative estimate of drug-likeness (QED) is 0.0222. The van der Waals surface area contributed by atoms with Crippen molar-refractivity contribution in [3.63, 3.8) is 0 Å². The van der Waals surface area contributed by atoms with E-state index in [1.165, 1.54) is 135 Å². The first-order chi connectivity index (χ1) is 41.3. The molecule has 0 aromatic rings.